The molecule has 3 heteroatoms. The summed E-state index contributed by atoms with van der Waals surface area (Å²) in [6, 6.07) is 10.1. The van der Waals surface area contributed by atoms with E-state index >= 15 is 0 Å². The summed E-state index contributed by atoms with van der Waals surface area (Å²) in [7, 11) is 0. The van der Waals surface area contributed by atoms with Gasteiger partial charge in [-0.05, 0) is 26.3 Å². The van der Waals surface area contributed by atoms with Crippen LogP contribution in [0.4, 0.5) is 0 Å². The van der Waals surface area contributed by atoms with Crippen molar-refractivity contribution in [3.05, 3.63) is 35.9 Å². The first kappa shape index (κ1) is 12.1. The van der Waals surface area contributed by atoms with Gasteiger partial charge in [0.15, 0.2) is 0 Å². The molecule has 0 saturated carbocycles. The molecule has 2 atom stereocenters. The van der Waals surface area contributed by atoms with Crippen molar-refractivity contribution in [3.63, 3.8) is 0 Å². The monoisotopic (exact) mass is 232 g/mol. The normalized spacial score (nSPS) is 25.1. The molecule has 0 radical (unpaired) electrons. The van der Waals surface area contributed by atoms with Crippen LogP contribution in [0.25, 0.3) is 0 Å². The highest BCUT2D eigenvalue weighted by Gasteiger charge is 2.46. The van der Waals surface area contributed by atoms with Crippen LogP contribution >= 0.6 is 0 Å². The van der Waals surface area contributed by atoms with E-state index in [4.69, 9.17) is 5.73 Å². The van der Waals surface area contributed by atoms with E-state index in [0.29, 0.717) is 6.42 Å². The highest BCUT2D eigenvalue weighted by molar-refractivity contribution is 5.81. The Bertz CT molecular complexity index is 413. The van der Waals surface area contributed by atoms with Crippen molar-refractivity contribution in [3.8, 4) is 0 Å². The molecule has 0 aromatic heterocycles. The van der Waals surface area contributed by atoms with Crippen molar-refractivity contribution < 1.29 is 4.79 Å². The van der Waals surface area contributed by atoms with Gasteiger partial charge in [0.25, 0.3) is 0 Å². The number of carbonyl (C=O) groups is 1. The minimum Gasteiger partial charge on any atom is -0.329 e. The third-order valence-electron chi connectivity index (χ3n) is 3.86. The maximum atomic E-state index is 12.1. The molecule has 3 nitrogen and oxygen atoms in total. The third kappa shape index (κ3) is 1.95. The number of nitrogens with zero attached hydrogens (tertiary/aromatic N) is 1. The molecule has 2 N–H and O–H groups in total. The summed E-state index contributed by atoms with van der Waals surface area (Å²) in [4.78, 5) is 14.0. The zero-order valence-corrected chi connectivity index (χ0v) is 10.7. The van der Waals surface area contributed by atoms with Gasteiger partial charge in [0, 0.05) is 12.5 Å². The minimum atomic E-state index is -0.271. The fraction of sp³-hybridized carbons (Fsp3) is 0.500. The van der Waals surface area contributed by atoms with Crippen molar-refractivity contribution in [1.82, 2.24) is 4.90 Å². The summed E-state index contributed by atoms with van der Waals surface area (Å²) in [5.41, 5.74) is 6.93. The second kappa shape index (κ2) is 4.15. The highest BCUT2D eigenvalue weighted by Crippen LogP contribution is 2.36. The number of hydrogen-bond donors (Lipinski definition) is 1. The Morgan fingerprint density at radius 3 is 2.41 bits per heavy atom. The number of rotatable bonds is 2. The number of likely N-dealkylation sites (tertiary alicyclic amines) is 1. The highest BCUT2D eigenvalue weighted by atomic mass is 16.2. The zero-order valence-electron chi connectivity index (χ0n) is 10.7. The second-order valence-electron chi connectivity index (χ2n) is 5.31. The van der Waals surface area contributed by atoms with Crippen LogP contribution in [0.1, 0.15) is 38.8 Å². The molecular weight excluding hydrogens is 212 g/mol. The van der Waals surface area contributed by atoms with E-state index in [0.717, 1.165) is 5.56 Å². The zero-order chi connectivity index (χ0) is 12.6. The lowest BCUT2D eigenvalue weighted by molar-refractivity contribution is -0.133. The Labute approximate surface area is 103 Å². The average Bonchev–Trinajstić information content (AvgIpc) is 2.49. The van der Waals surface area contributed by atoms with Crippen LogP contribution in [0, 0.1) is 0 Å². The molecule has 92 valence electrons. The van der Waals surface area contributed by atoms with E-state index in [9.17, 15) is 4.79 Å². The SMILES string of the molecule is CC(c1ccccc1)N1C(=O)CC(N)C1(C)C. The molecule has 1 aliphatic heterocycles. The van der Waals surface area contributed by atoms with Gasteiger partial charge in [-0.15, -0.1) is 0 Å². The van der Waals surface area contributed by atoms with Crippen LogP contribution in [0.5, 0.6) is 0 Å². The molecule has 1 aliphatic rings. The van der Waals surface area contributed by atoms with Crippen LogP contribution in [0.2, 0.25) is 0 Å². The van der Waals surface area contributed by atoms with Gasteiger partial charge >= 0.3 is 0 Å². The summed E-state index contributed by atoms with van der Waals surface area (Å²) >= 11 is 0. The lowest BCUT2D eigenvalue weighted by atomic mass is 9.94. The maximum absolute atomic E-state index is 12.1. The Hall–Kier alpha value is -1.35. The molecule has 1 saturated heterocycles. The van der Waals surface area contributed by atoms with E-state index in [1.165, 1.54) is 0 Å². The molecule has 1 aromatic rings. The summed E-state index contributed by atoms with van der Waals surface area (Å²) in [5, 5.41) is 0. The third-order valence-corrected chi connectivity index (χ3v) is 3.86. The smallest absolute Gasteiger partial charge is 0.225 e. The van der Waals surface area contributed by atoms with E-state index in [-0.39, 0.29) is 23.5 Å². The Kier molecular flexibility index (Phi) is 2.96. The van der Waals surface area contributed by atoms with Crippen molar-refractivity contribution in [2.24, 2.45) is 5.73 Å². The van der Waals surface area contributed by atoms with E-state index in [1.54, 1.807) is 0 Å². The largest absolute Gasteiger partial charge is 0.329 e. The number of hydrogen-bond acceptors (Lipinski definition) is 2. The number of benzene rings is 1. The predicted molar refractivity (Wildman–Crippen MR) is 68.4 cm³/mol. The van der Waals surface area contributed by atoms with Gasteiger partial charge in [0.1, 0.15) is 0 Å². The van der Waals surface area contributed by atoms with Crippen molar-refractivity contribution in [1.29, 1.82) is 0 Å². The maximum Gasteiger partial charge on any atom is 0.225 e. The number of nitrogens with two attached hydrogens (primary N) is 1. The molecule has 17 heavy (non-hydrogen) atoms. The van der Waals surface area contributed by atoms with Gasteiger partial charge < -0.3 is 10.6 Å². The second-order valence-corrected chi connectivity index (χ2v) is 5.31. The Morgan fingerprint density at radius 1 is 1.35 bits per heavy atom. The Morgan fingerprint density at radius 2 is 1.94 bits per heavy atom. The molecule has 1 aromatic carbocycles. The molecule has 2 unspecified atom stereocenters. The topological polar surface area (TPSA) is 46.3 Å². The van der Waals surface area contributed by atoms with Crippen molar-refractivity contribution in [2.75, 3.05) is 0 Å². The molecule has 0 bridgehead atoms. The van der Waals surface area contributed by atoms with Gasteiger partial charge in [0.05, 0.1) is 11.6 Å². The van der Waals surface area contributed by atoms with Crippen LogP contribution in [0.15, 0.2) is 30.3 Å². The average molecular weight is 232 g/mol. The lowest BCUT2D eigenvalue weighted by Gasteiger charge is -2.39. The number of amides is 1. The predicted octanol–water partition coefficient (Wildman–Crippen LogP) is 2.09. The summed E-state index contributed by atoms with van der Waals surface area (Å²) in [5.74, 6) is 0.152. The van der Waals surface area contributed by atoms with Crippen LogP contribution in [-0.2, 0) is 4.79 Å². The quantitative estimate of drug-likeness (QED) is 0.848. The van der Waals surface area contributed by atoms with Crippen molar-refractivity contribution in [2.45, 2.75) is 44.8 Å². The first-order chi connectivity index (χ1) is 7.94. The van der Waals surface area contributed by atoms with Gasteiger partial charge in [-0.2, -0.15) is 0 Å². The van der Waals surface area contributed by atoms with E-state index in [1.807, 2.05) is 36.9 Å². The van der Waals surface area contributed by atoms with Gasteiger partial charge in [0.2, 0.25) is 5.91 Å². The lowest BCUT2D eigenvalue weighted by Crippen LogP contribution is -2.50. The first-order valence-corrected chi connectivity index (χ1v) is 6.07. The molecule has 1 heterocycles. The van der Waals surface area contributed by atoms with Crippen molar-refractivity contribution >= 4 is 5.91 Å². The fourth-order valence-electron chi connectivity index (χ4n) is 2.63. The molecule has 1 fully saturated rings. The minimum absolute atomic E-state index is 0.0762. The van der Waals surface area contributed by atoms with E-state index < -0.39 is 0 Å². The van der Waals surface area contributed by atoms with E-state index in [2.05, 4.69) is 19.1 Å². The van der Waals surface area contributed by atoms with Crippen LogP contribution in [0.3, 0.4) is 0 Å². The molecule has 2 rings (SSSR count). The standard InChI is InChI=1S/C14H20N2O/c1-10(11-7-5-4-6-8-11)16-13(17)9-12(15)14(16,2)3/h4-8,10,12H,9,15H2,1-3H3. The summed E-state index contributed by atoms with van der Waals surface area (Å²) in [6.45, 7) is 6.15. The Balaban J connectivity index is 2.31. The van der Waals surface area contributed by atoms with Gasteiger partial charge in [-0.25, -0.2) is 0 Å². The van der Waals surface area contributed by atoms with Crippen LogP contribution < -0.4 is 5.73 Å². The first-order valence-electron chi connectivity index (χ1n) is 6.07. The molecule has 1 amide bonds. The molecular formula is C14H20N2O. The summed E-state index contributed by atoms with van der Waals surface area (Å²) in [6.07, 6.45) is 0.449. The van der Waals surface area contributed by atoms with Gasteiger partial charge in [-0.3, -0.25) is 4.79 Å². The number of carbonyl (C=O) groups excluding carboxylic acids is 1. The fourth-order valence-corrected chi connectivity index (χ4v) is 2.63. The molecule has 0 aliphatic carbocycles. The van der Waals surface area contributed by atoms with Crippen LogP contribution in [-0.4, -0.2) is 22.4 Å². The molecule has 0 spiro atoms. The van der Waals surface area contributed by atoms with Gasteiger partial charge in [-0.1, -0.05) is 30.3 Å². The summed E-state index contributed by atoms with van der Waals surface area (Å²) < 4.78 is 0.